The predicted molar refractivity (Wildman–Crippen MR) is 50.7 cm³/mol. The molecule has 0 aliphatic heterocycles. The molecule has 0 aromatic carbocycles. The first kappa shape index (κ1) is 6.70. The maximum atomic E-state index is 1.63. The molecule has 11 heavy (non-hydrogen) atoms. The van der Waals surface area contributed by atoms with E-state index in [0.29, 0.717) is 0 Å². The third kappa shape index (κ3) is 0.866. The van der Waals surface area contributed by atoms with E-state index in [1.165, 1.54) is 39.5 Å². The molecule has 0 amide bonds. The zero-order valence-electron chi connectivity index (χ0n) is 7.42. The maximum Gasteiger partial charge on any atom is 0.00743 e. The van der Waals surface area contributed by atoms with Crippen LogP contribution >= 0.6 is 0 Å². The van der Waals surface area contributed by atoms with Crippen molar-refractivity contribution in [3.05, 3.63) is 0 Å². The average Bonchev–Trinajstić information content (AvgIpc) is 1.98. The number of hydrogen-bond donors (Lipinski definition) is 0. The molecule has 0 atom stereocenters. The molecule has 0 aromatic rings. The standard InChI is InChI=1S/C10H18Si/c11-10-8-2-6-1-7(4-8)5-9(10)3-6/h6-10H,1-5H2,11H3. The maximum absolute atomic E-state index is 1.63. The van der Waals surface area contributed by atoms with Crippen LogP contribution in [0.25, 0.3) is 0 Å². The highest BCUT2D eigenvalue weighted by Gasteiger charge is 2.45. The van der Waals surface area contributed by atoms with Gasteiger partial charge in [-0.15, -0.1) is 0 Å². The van der Waals surface area contributed by atoms with Crippen LogP contribution in [0.1, 0.15) is 32.1 Å². The van der Waals surface area contributed by atoms with Crippen molar-refractivity contribution < 1.29 is 0 Å². The molecule has 62 valence electrons. The van der Waals surface area contributed by atoms with Crippen molar-refractivity contribution >= 4 is 10.2 Å². The van der Waals surface area contributed by atoms with Crippen molar-refractivity contribution in [2.75, 3.05) is 0 Å². The first-order valence-corrected chi connectivity index (χ1v) is 6.48. The molecule has 0 heterocycles. The van der Waals surface area contributed by atoms with Gasteiger partial charge in [0.15, 0.2) is 0 Å². The van der Waals surface area contributed by atoms with Crippen LogP contribution in [-0.2, 0) is 0 Å². The summed E-state index contributed by atoms with van der Waals surface area (Å²) in [5.41, 5.74) is 1.22. The lowest BCUT2D eigenvalue weighted by atomic mass is 9.56. The van der Waals surface area contributed by atoms with Crippen molar-refractivity contribution in [3.8, 4) is 0 Å². The summed E-state index contributed by atoms with van der Waals surface area (Å²) >= 11 is 0. The van der Waals surface area contributed by atoms with Gasteiger partial charge >= 0.3 is 0 Å². The Morgan fingerprint density at radius 2 is 1.18 bits per heavy atom. The van der Waals surface area contributed by atoms with Crippen LogP contribution in [0.4, 0.5) is 0 Å². The van der Waals surface area contributed by atoms with Gasteiger partial charge in [-0.2, -0.15) is 0 Å². The van der Waals surface area contributed by atoms with Crippen LogP contribution < -0.4 is 0 Å². The zero-order valence-corrected chi connectivity index (χ0v) is 9.42. The summed E-state index contributed by atoms with van der Waals surface area (Å²) in [5.74, 6) is 4.78. The van der Waals surface area contributed by atoms with Gasteiger partial charge in [-0.05, 0) is 61.3 Å². The summed E-state index contributed by atoms with van der Waals surface area (Å²) in [6.07, 6.45) is 8.12. The highest BCUT2D eigenvalue weighted by Crippen LogP contribution is 2.57. The van der Waals surface area contributed by atoms with E-state index in [2.05, 4.69) is 0 Å². The van der Waals surface area contributed by atoms with E-state index in [1.807, 2.05) is 0 Å². The fourth-order valence-corrected chi connectivity index (χ4v) is 5.29. The average molecular weight is 166 g/mol. The summed E-state index contributed by atoms with van der Waals surface area (Å²) < 4.78 is 0. The van der Waals surface area contributed by atoms with E-state index < -0.39 is 0 Å². The van der Waals surface area contributed by atoms with Crippen molar-refractivity contribution in [1.82, 2.24) is 0 Å². The first-order valence-electron chi connectivity index (χ1n) is 5.33. The molecular weight excluding hydrogens is 148 g/mol. The zero-order chi connectivity index (χ0) is 7.42. The third-order valence-corrected chi connectivity index (χ3v) is 6.58. The van der Waals surface area contributed by atoms with Crippen LogP contribution in [0.3, 0.4) is 0 Å². The molecular formula is C10H18Si. The van der Waals surface area contributed by atoms with Gasteiger partial charge in [0.05, 0.1) is 0 Å². The Kier molecular flexibility index (Phi) is 1.29. The van der Waals surface area contributed by atoms with Gasteiger partial charge in [-0.3, -0.25) is 0 Å². The van der Waals surface area contributed by atoms with E-state index in [0.717, 1.165) is 0 Å². The van der Waals surface area contributed by atoms with E-state index in [1.54, 1.807) is 32.1 Å². The van der Waals surface area contributed by atoms with Crippen molar-refractivity contribution in [2.24, 2.45) is 23.7 Å². The molecule has 0 saturated heterocycles. The molecule has 4 fully saturated rings. The Labute approximate surface area is 72.2 Å². The summed E-state index contributed by atoms with van der Waals surface area (Å²) in [6, 6.07) is 0. The van der Waals surface area contributed by atoms with Crippen LogP contribution in [0.5, 0.6) is 0 Å². The minimum atomic E-state index is 1.18. The minimum Gasteiger partial charge on any atom is -0.0490 e. The topological polar surface area (TPSA) is 0 Å². The Hall–Kier alpha value is 0.217. The molecule has 1 heteroatoms. The highest BCUT2D eigenvalue weighted by molar-refractivity contribution is 6.12. The van der Waals surface area contributed by atoms with Crippen LogP contribution in [0.15, 0.2) is 0 Å². The summed E-state index contributed by atoms with van der Waals surface area (Å²) in [5, 5.41) is 0. The summed E-state index contributed by atoms with van der Waals surface area (Å²) in [4.78, 5) is 0. The molecule has 4 bridgehead atoms. The highest BCUT2D eigenvalue weighted by atomic mass is 28.1. The summed E-state index contributed by atoms with van der Waals surface area (Å²) in [7, 11) is 1.49. The van der Waals surface area contributed by atoms with E-state index in [9.17, 15) is 0 Å². The molecule has 0 N–H and O–H groups in total. The lowest BCUT2D eigenvalue weighted by Gasteiger charge is -2.53. The molecule has 0 unspecified atom stereocenters. The Balaban J connectivity index is 1.91. The van der Waals surface area contributed by atoms with Gasteiger partial charge in [0, 0.05) is 10.2 Å². The van der Waals surface area contributed by atoms with E-state index >= 15 is 0 Å². The largest absolute Gasteiger partial charge is 0.0490 e. The SMILES string of the molecule is [SiH3]C1C2CC3CC(C2)CC1C3. The molecule has 4 aliphatic rings. The van der Waals surface area contributed by atoms with Crippen molar-refractivity contribution in [1.29, 1.82) is 0 Å². The Morgan fingerprint density at radius 1 is 0.727 bits per heavy atom. The van der Waals surface area contributed by atoms with Gasteiger partial charge in [-0.1, -0.05) is 0 Å². The normalized spacial score (nSPS) is 60.5. The number of rotatable bonds is 0. The van der Waals surface area contributed by atoms with E-state index in [4.69, 9.17) is 0 Å². The van der Waals surface area contributed by atoms with Gasteiger partial charge in [0.25, 0.3) is 0 Å². The van der Waals surface area contributed by atoms with Crippen LogP contribution in [0.2, 0.25) is 5.54 Å². The van der Waals surface area contributed by atoms with Crippen LogP contribution in [0, 0.1) is 23.7 Å². The van der Waals surface area contributed by atoms with Gasteiger partial charge < -0.3 is 0 Å². The fraction of sp³-hybridized carbons (Fsp3) is 1.00. The monoisotopic (exact) mass is 166 g/mol. The van der Waals surface area contributed by atoms with Crippen LogP contribution in [-0.4, -0.2) is 10.2 Å². The lowest BCUT2D eigenvalue weighted by Crippen LogP contribution is -2.42. The third-order valence-electron chi connectivity index (χ3n) is 4.70. The van der Waals surface area contributed by atoms with Gasteiger partial charge in [0.2, 0.25) is 0 Å². The molecule has 0 radical (unpaired) electrons. The van der Waals surface area contributed by atoms with Crippen molar-refractivity contribution in [2.45, 2.75) is 37.6 Å². The van der Waals surface area contributed by atoms with Gasteiger partial charge in [-0.25, -0.2) is 0 Å². The lowest BCUT2D eigenvalue weighted by molar-refractivity contribution is 0.0211. The molecule has 4 saturated carbocycles. The number of hydrogen-bond acceptors (Lipinski definition) is 0. The molecule has 4 aliphatic carbocycles. The van der Waals surface area contributed by atoms with Gasteiger partial charge in [0.1, 0.15) is 0 Å². The van der Waals surface area contributed by atoms with E-state index in [-0.39, 0.29) is 0 Å². The molecule has 0 nitrogen and oxygen atoms in total. The first-order chi connectivity index (χ1) is 5.33. The second-order valence-corrected chi connectivity index (χ2v) is 6.62. The fourth-order valence-electron chi connectivity index (χ4n) is 4.20. The second-order valence-electron chi connectivity index (χ2n) is 5.29. The smallest absolute Gasteiger partial charge is 0.00743 e. The molecule has 0 aromatic heterocycles. The van der Waals surface area contributed by atoms with Crippen molar-refractivity contribution in [3.63, 3.8) is 0 Å². The Bertz CT molecular complexity index is 148. The predicted octanol–water partition coefficient (Wildman–Crippen LogP) is 1.60. The molecule has 4 rings (SSSR count). The second kappa shape index (κ2) is 2.12. The Morgan fingerprint density at radius 3 is 1.64 bits per heavy atom. The summed E-state index contributed by atoms with van der Waals surface area (Å²) in [6.45, 7) is 0. The molecule has 0 spiro atoms. The quantitative estimate of drug-likeness (QED) is 0.480. The minimum absolute atomic E-state index is 1.18.